The third-order valence-electron chi connectivity index (χ3n) is 2.75. The van der Waals surface area contributed by atoms with E-state index in [1.807, 2.05) is 6.07 Å². The molecule has 0 fully saturated rings. The van der Waals surface area contributed by atoms with Gasteiger partial charge < -0.3 is 10.1 Å². The van der Waals surface area contributed by atoms with Gasteiger partial charge in [0.05, 0.1) is 11.7 Å². The Labute approximate surface area is 130 Å². The third kappa shape index (κ3) is 2.55. The van der Waals surface area contributed by atoms with Gasteiger partial charge in [-0.05, 0) is 18.2 Å². The van der Waals surface area contributed by atoms with Gasteiger partial charge in [-0.25, -0.2) is 5.10 Å². The van der Waals surface area contributed by atoms with E-state index < -0.39 is 5.56 Å². The fourth-order valence-electron chi connectivity index (χ4n) is 1.78. The van der Waals surface area contributed by atoms with Crippen molar-refractivity contribution in [3.05, 3.63) is 44.2 Å². The zero-order valence-corrected chi connectivity index (χ0v) is 12.6. The molecule has 3 aromatic rings. The van der Waals surface area contributed by atoms with Crippen LogP contribution in [0.3, 0.4) is 0 Å². The number of hydrogen-bond acceptors (Lipinski definition) is 5. The first-order valence-corrected chi connectivity index (χ1v) is 6.88. The first-order valence-electron chi connectivity index (χ1n) is 5.71. The number of benzene rings is 1. The second kappa shape index (κ2) is 5.30. The second-order valence-electron chi connectivity index (χ2n) is 4.11. The molecule has 7 nitrogen and oxygen atoms in total. The van der Waals surface area contributed by atoms with Crippen LogP contribution in [0.1, 0.15) is 0 Å². The van der Waals surface area contributed by atoms with Crippen molar-refractivity contribution in [3.63, 3.8) is 0 Å². The summed E-state index contributed by atoms with van der Waals surface area (Å²) in [7, 11) is 0. The van der Waals surface area contributed by atoms with E-state index in [0.29, 0.717) is 10.9 Å². The highest BCUT2D eigenvalue weighted by Crippen LogP contribution is 2.37. The van der Waals surface area contributed by atoms with Crippen LogP contribution in [-0.4, -0.2) is 20.3 Å². The van der Waals surface area contributed by atoms with Crippen LogP contribution in [0.15, 0.2) is 43.9 Å². The quantitative estimate of drug-likeness (QED) is 0.599. The molecule has 0 unspecified atom stereocenters. The standard InChI is InChI=1S/C12H7BrClN5O2/c13-5-1-2-7-6(3-5)10(12(21)16-7)18-17-8-4-15-19-11(20)9(8)14/h1-4,16,21H,(H,19,20). The number of H-pyrrole nitrogens is 2. The van der Waals surface area contributed by atoms with Crippen molar-refractivity contribution in [2.45, 2.75) is 0 Å². The van der Waals surface area contributed by atoms with Crippen molar-refractivity contribution in [3.8, 4) is 5.88 Å². The van der Waals surface area contributed by atoms with Crippen LogP contribution >= 0.6 is 27.5 Å². The van der Waals surface area contributed by atoms with Gasteiger partial charge in [0.15, 0.2) is 5.69 Å². The SMILES string of the molecule is O=c1[nH]ncc(N=Nc2c(O)[nH]c3ccc(Br)cc23)c1Cl. The molecule has 21 heavy (non-hydrogen) atoms. The molecule has 2 heterocycles. The highest BCUT2D eigenvalue weighted by Gasteiger charge is 2.11. The van der Waals surface area contributed by atoms with E-state index in [4.69, 9.17) is 11.6 Å². The van der Waals surface area contributed by atoms with Crippen molar-refractivity contribution in [1.82, 2.24) is 15.2 Å². The fourth-order valence-corrected chi connectivity index (χ4v) is 2.27. The van der Waals surface area contributed by atoms with Gasteiger partial charge in [0.1, 0.15) is 10.7 Å². The number of halogens is 2. The normalized spacial score (nSPS) is 11.5. The highest BCUT2D eigenvalue weighted by molar-refractivity contribution is 9.10. The Morgan fingerprint density at radius 2 is 2.14 bits per heavy atom. The maximum absolute atomic E-state index is 11.3. The van der Waals surface area contributed by atoms with Crippen LogP contribution in [0, 0.1) is 0 Å². The minimum absolute atomic E-state index is 0.115. The molecular formula is C12H7BrClN5O2. The van der Waals surface area contributed by atoms with Gasteiger partial charge in [0, 0.05) is 9.86 Å². The summed E-state index contributed by atoms with van der Waals surface area (Å²) in [5.41, 5.74) is 0.519. The summed E-state index contributed by atoms with van der Waals surface area (Å²) in [6.07, 6.45) is 1.27. The average Bonchev–Trinajstić information content (AvgIpc) is 2.76. The zero-order chi connectivity index (χ0) is 15.0. The Balaban J connectivity index is 2.11. The van der Waals surface area contributed by atoms with Crippen LogP contribution in [0.4, 0.5) is 11.4 Å². The first kappa shape index (κ1) is 13.8. The Morgan fingerprint density at radius 1 is 1.33 bits per heavy atom. The Morgan fingerprint density at radius 3 is 2.95 bits per heavy atom. The molecule has 0 amide bonds. The number of nitrogens with zero attached hydrogens (tertiary/aromatic N) is 3. The average molecular weight is 369 g/mol. The number of fused-ring (bicyclic) bond motifs is 1. The van der Waals surface area contributed by atoms with Crippen molar-refractivity contribution < 1.29 is 5.11 Å². The molecular weight excluding hydrogens is 362 g/mol. The molecule has 0 aliphatic rings. The molecule has 106 valence electrons. The number of aromatic amines is 2. The van der Waals surface area contributed by atoms with Crippen molar-refractivity contribution >= 4 is 49.8 Å². The minimum Gasteiger partial charge on any atom is -0.493 e. The third-order valence-corrected chi connectivity index (χ3v) is 3.61. The van der Waals surface area contributed by atoms with Crippen LogP contribution in [-0.2, 0) is 0 Å². The number of nitrogens with one attached hydrogen (secondary N) is 2. The number of hydrogen-bond donors (Lipinski definition) is 3. The number of rotatable bonds is 2. The van der Waals surface area contributed by atoms with E-state index in [-0.39, 0.29) is 22.3 Å². The summed E-state index contributed by atoms with van der Waals surface area (Å²) in [5.74, 6) is -0.124. The monoisotopic (exact) mass is 367 g/mol. The van der Waals surface area contributed by atoms with Gasteiger partial charge >= 0.3 is 0 Å². The van der Waals surface area contributed by atoms with E-state index in [9.17, 15) is 9.90 Å². The van der Waals surface area contributed by atoms with Crippen LogP contribution < -0.4 is 5.56 Å². The van der Waals surface area contributed by atoms with E-state index in [1.165, 1.54) is 6.20 Å². The molecule has 0 bridgehead atoms. The molecule has 0 saturated heterocycles. The smallest absolute Gasteiger partial charge is 0.285 e. The van der Waals surface area contributed by atoms with E-state index in [2.05, 4.69) is 41.3 Å². The predicted octanol–water partition coefficient (Wildman–Crippen LogP) is 3.79. The van der Waals surface area contributed by atoms with Crippen molar-refractivity contribution in [2.24, 2.45) is 10.2 Å². The summed E-state index contributed by atoms with van der Waals surface area (Å²) in [5, 5.41) is 24.0. The molecule has 0 aliphatic carbocycles. The number of aromatic nitrogens is 3. The lowest BCUT2D eigenvalue weighted by Crippen LogP contribution is -2.06. The predicted molar refractivity (Wildman–Crippen MR) is 81.7 cm³/mol. The van der Waals surface area contributed by atoms with Crippen LogP contribution in [0.25, 0.3) is 10.9 Å². The molecule has 0 spiro atoms. The lowest BCUT2D eigenvalue weighted by atomic mass is 10.2. The van der Waals surface area contributed by atoms with Gasteiger partial charge in [0.25, 0.3) is 5.56 Å². The lowest BCUT2D eigenvalue weighted by Gasteiger charge is -1.95. The van der Waals surface area contributed by atoms with Crippen molar-refractivity contribution in [2.75, 3.05) is 0 Å². The van der Waals surface area contributed by atoms with E-state index >= 15 is 0 Å². The molecule has 3 N–H and O–H groups in total. The zero-order valence-electron chi connectivity index (χ0n) is 10.3. The van der Waals surface area contributed by atoms with Crippen LogP contribution in [0.2, 0.25) is 5.02 Å². The van der Waals surface area contributed by atoms with E-state index in [1.54, 1.807) is 12.1 Å². The topological polar surface area (TPSA) is 106 Å². The molecule has 3 rings (SSSR count). The Bertz CT molecular complexity index is 918. The maximum atomic E-state index is 11.3. The van der Waals surface area contributed by atoms with Crippen molar-refractivity contribution in [1.29, 1.82) is 0 Å². The molecule has 2 aromatic heterocycles. The van der Waals surface area contributed by atoms with E-state index in [0.717, 1.165) is 4.47 Å². The second-order valence-corrected chi connectivity index (χ2v) is 5.40. The molecule has 0 saturated carbocycles. The number of aromatic hydroxyl groups is 1. The number of azo groups is 1. The summed E-state index contributed by atoms with van der Waals surface area (Å²) in [6.45, 7) is 0. The Hall–Kier alpha value is -2.19. The molecule has 0 aliphatic heterocycles. The van der Waals surface area contributed by atoms with Gasteiger partial charge in [0.2, 0.25) is 5.88 Å². The lowest BCUT2D eigenvalue weighted by molar-refractivity contribution is 0.459. The summed E-state index contributed by atoms with van der Waals surface area (Å²) in [4.78, 5) is 14.1. The van der Waals surface area contributed by atoms with Crippen LogP contribution in [0.5, 0.6) is 5.88 Å². The maximum Gasteiger partial charge on any atom is 0.285 e. The molecule has 0 radical (unpaired) electrons. The first-order chi connectivity index (χ1) is 10.1. The minimum atomic E-state index is -0.556. The van der Waals surface area contributed by atoms with Gasteiger partial charge in [-0.3, -0.25) is 4.79 Å². The Kier molecular flexibility index (Phi) is 3.48. The fraction of sp³-hybridized carbons (Fsp3) is 0. The van der Waals surface area contributed by atoms with Gasteiger partial charge in [-0.1, -0.05) is 27.5 Å². The summed E-state index contributed by atoms with van der Waals surface area (Å²) in [6, 6.07) is 5.41. The molecule has 1 aromatic carbocycles. The molecule has 9 heteroatoms. The highest BCUT2D eigenvalue weighted by atomic mass is 79.9. The summed E-state index contributed by atoms with van der Waals surface area (Å²) >= 11 is 9.15. The van der Waals surface area contributed by atoms with Gasteiger partial charge in [-0.2, -0.15) is 5.10 Å². The largest absolute Gasteiger partial charge is 0.493 e. The summed E-state index contributed by atoms with van der Waals surface area (Å²) < 4.78 is 0.835. The van der Waals surface area contributed by atoms with Gasteiger partial charge in [-0.15, -0.1) is 10.2 Å². The molecule has 0 atom stereocenters.